The highest BCUT2D eigenvalue weighted by molar-refractivity contribution is 7.92. The van der Waals surface area contributed by atoms with Crippen LogP contribution in [0.2, 0.25) is 0 Å². The van der Waals surface area contributed by atoms with Crippen LogP contribution in [0.3, 0.4) is 0 Å². The van der Waals surface area contributed by atoms with Crippen molar-refractivity contribution in [2.45, 2.75) is 32.4 Å². The zero-order valence-electron chi connectivity index (χ0n) is 19.5. The first-order valence-corrected chi connectivity index (χ1v) is 12.9. The first-order valence-electron chi connectivity index (χ1n) is 11.1. The van der Waals surface area contributed by atoms with E-state index in [0.29, 0.717) is 23.7 Å². The summed E-state index contributed by atoms with van der Waals surface area (Å²) < 4.78 is 36.4. The standard InChI is InChI=1S/C24H33N3O5S/c1-31-22-12-11-21(15-23(22)32-2)27(33(3,29)30)18-24(28)25-16-19-9-5-6-10-20(19)17-26-13-7-4-8-14-26/h5-6,9-12,15H,4,7-8,13-14,16-18H2,1-3H3,(H,25,28). The van der Waals surface area contributed by atoms with Crippen LogP contribution in [0.15, 0.2) is 42.5 Å². The van der Waals surface area contributed by atoms with Gasteiger partial charge < -0.3 is 14.8 Å². The van der Waals surface area contributed by atoms with E-state index in [2.05, 4.69) is 16.3 Å². The number of rotatable bonds is 10. The highest BCUT2D eigenvalue weighted by Gasteiger charge is 2.22. The molecule has 2 aromatic carbocycles. The van der Waals surface area contributed by atoms with Gasteiger partial charge in [0.1, 0.15) is 6.54 Å². The second kappa shape index (κ2) is 11.4. The van der Waals surface area contributed by atoms with Crippen molar-refractivity contribution in [1.29, 1.82) is 0 Å². The number of likely N-dealkylation sites (tertiary alicyclic amines) is 1. The van der Waals surface area contributed by atoms with Crippen molar-refractivity contribution in [1.82, 2.24) is 10.2 Å². The SMILES string of the molecule is COc1ccc(N(CC(=O)NCc2ccccc2CN2CCCCC2)S(C)(=O)=O)cc1OC. The minimum absolute atomic E-state index is 0.329. The number of hydrogen-bond acceptors (Lipinski definition) is 6. The number of sulfonamides is 1. The summed E-state index contributed by atoms with van der Waals surface area (Å²) in [7, 11) is -0.723. The Kier molecular flexibility index (Phi) is 8.57. The Bertz CT molecular complexity index is 1050. The summed E-state index contributed by atoms with van der Waals surface area (Å²) in [5, 5.41) is 2.88. The van der Waals surface area contributed by atoms with Gasteiger partial charge in [0.25, 0.3) is 0 Å². The zero-order valence-corrected chi connectivity index (χ0v) is 20.4. The van der Waals surface area contributed by atoms with E-state index in [9.17, 15) is 13.2 Å². The van der Waals surface area contributed by atoms with E-state index in [-0.39, 0.29) is 12.5 Å². The van der Waals surface area contributed by atoms with Crippen molar-refractivity contribution in [3.05, 3.63) is 53.6 Å². The van der Waals surface area contributed by atoms with Gasteiger partial charge in [-0.05, 0) is 49.2 Å². The predicted molar refractivity (Wildman–Crippen MR) is 129 cm³/mol. The number of hydrogen-bond donors (Lipinski definition) is 1. The first kappa shape index (κ1) is 24.9. The maximum Gasteiger partial charge on any atom is 0.241 e. The smallest absolute Gasteiger partial charge is 0.241 e. The molecule has 1 aliphatic rings. The molecule has 1 aliphatic heterocycles. The molecule has 33 heavy (non-hydrogen) atoms. The monoisotopic (exact) mass is 475 g/mol. The maximum atomic E-state index is 12.7. The van der Waals surface area contributed by atoms with Gasteiger partial charge in [0.15, 0.2) is 11.5 Å². The third kappa shape index (κ3) is 6.85. The summed E-state index contributed by atoms with van der Waals surface area (Å²) in [6, 6.07) is 12.8. The van der Waals surface area contributed by atoms with Gasteiger partial charge in [-0.25, -0.2) is 8.42 Å². The van der Waals surface area contributed by atoms with E-state index in [0.717, 1.165) is 35.8 Å². The summed E-state index contributed by atoms with van der Waals surface area (Å²) in [5.74, 6) is 0.475. The Morgan fingerprint density at radius 2 is 1.67 bits per heavy atom. The number of benzene rings is 2. The zero-order chi connectivity index (χ0) is 23.8. The van der Waals surface area contributed by atoms with Crippen LogP contribution in [0, 0.1) is 0 Å². The molecule has 0 radical (unpaired) electrons. The molecule has 0 aromatic heterocycles. The molecule has 0 bridgehead atoms. The lowest BCUT2D eigenvalue weighted by Crippen LogP contribution is -2.40. The van der Waals surface area contributed by atoms with Crippen molar-refractivity contribution in [3.63, 3.8) is 0 Å². The van der Waals surface area contributed by atoms with Crippen LogP contribution in [0.1, 0.15) is 30.4 Å². The minimum Gasteiger partial charge on any atom is -0.493 e. The highest BCUT2D eigenvalue weighted by atomic mass is 32.2. The van der Waals surface area contributed by atoms with Crippen LogP contribution < -0.4 is 19.1 Å². The molecule has 180 valence electrons. The Labute approximate surface area is 196 Å². The summed E-state index contributed by atoms with van der Waals surface area (Å²) in [5.41, 5.74) is 2.55. The van der Waals surface area contributed by atoms with E-state index in [1.165, 1.54) is 39.0 Å². The van der Waals surface area contributed by atoms with Gasteiger partial charge in [-0.2, -0.15) is 0 Å². The van der Waals surface area contributed by atoms with Gasteiger partial charge in [-0.15, -0.1) is 0 Å². The number of nitrogens with one attached hydrogen (secondary N) is 1. The number of anilines is 1. The fourth-order valence-electron chi connectivity index (χ4n) is 4.00. The molecule has 0 saturated carbocycles. The van der Waals surface area contributed by atoms with Gasteiger partial charge >= 0.3 is 0 Å². The van der Waals surface area contributed by atoms with Crippen molar-refractivity contribution < 1.29 is 22.7 Å². The number of carbonyl (C=O) groups is 1. The molecule has 1 fully saturated rings. The quantitative estimate of drug-likeness (QED) is 0.569. The number of nitrogens with zero attached hydrogens (tertiary/aromatic N) is 2. The summed E-state index contributed by atoms with van der Waals surface area (Å²) in [6.07, 6.45) is 4.79. The topological polar surface area (TPSA) is 88.2 Å². The van der Waals surface area contributed by atoms with Gasteiger partial charge in [0.2, 0.25) is 15.9 Å². The molecule has 1 saturated heterocycles. The first-order chi connectivity index (χ1) is 15.8. The Hall–Kier alpha value is -2.78. The average Bonchev–Trinajstić information content (AvgIpc) is 2.81. The molecule has 8 nitrogen and oxygen atoms in total. The molecule has 0 atom stereocenters. The predicted octanol–water partition coefficient (Wildman–Crippen LogP) is 2.77. The summed E-state index contributed by atoms with van der Waals surface area (Å²) in [6.45, 7) is 3.05. The molecular formula is C24H33N3O5S. The Balaban J connectivity index is 1.69. The molecule has 9 heteroatoms. The minimum atomic E-state index is -3.70. The van der Waals surface area contributed by atoms with Crippen LogP contribution in [0.25, 0.3) is 0 Å². The van der Waals surface area contributed by atoms with Crippen molar-refractivity contribution >= 4 is 21.6 Å². The third-order valence-electron chi connectivity index (χ3n) is 5.78. The van der Waals surface area contributed by atoms with Crippen LogP contribution >= 0.6 is 0 Å². The lowest BCUT2D eigenvalue weighted by Gasteiger charge is -2.27. The summed E-state index contributed by atoms with van der Waals surface area (Å²) in [4.78, 5) is 15.2. The van der Waals surface area contributed by atoms with E-state index < -0.39 is 10.0 Å². The van der Waals surface area contributed by atoms with Crippen LogP contribution in [0.4, 0.5) is 5.69 Å². The molecule has 1 N–H and O–H groups in total. The van der Waals surface area contributed by atoms with Crippen LogP contribution in [-0.2, 0) is 27.9 Å². The van der Waals surface area contributed by atoms with E-state index in [1.54, 1.807) is 18.2 Å². The lowest BCUT2D eigenvalue weighted by molar-refractivity contribution is -0.119. The van der Waals surface area contributed by atoms with Crippen molar-refractivity contribution in [2.24, 2.45) is 0 Å². The van der Waals surface area contributed by atoms with Crippen LogP contribution in [-0.4, -0.2) is 59.3 Å². The van der Waals surface area contributed by atoms with E-state index in [1.807, 2.05) is 18.2 Å². The second-order valence-electron chi connectivity index (χ2n) is 8.19. The molecule has 0 unspecified atom stereocenters. The fourth-order valence-corrected chi connectivity index (χ4v) is 4.85. The fraction of sp³-hybridized carbons (Fsp3) is 0.458. The lowest BCUT2D eigenvalue weighted by atomic mass is 10.0. The molecule has 0 spiro atoms. The number of methoxy groups -OCH3 is 2. The van der Waals surface area contributed by atoms with E-state index >= 15 is 0 Å². The van der Waals surface area contributed by atoms with Gasteiger partial charge in [0, 0.05) is 19.2 Å². The molecule has 3 rings (SSSR count). The Morgan fingerprint density at radius 3 is 2.30 bits per heavy atom. The highest BCUT2D eigenvalue weighted by Crippen LogP contribution is 2.32. The van der Waals surface area contributed by atoms with E-state index in [4.69, 9.17) is 9.47 Å². The average molecular weight is 476 g/mol. The van der Waals surface area contributed by atoms with Gasteiger partial charge in [-0.1, -0.05) is 30.7 Å². The maximum absolute atomic E-state index is 12.7. The summed E-state index contributed by atoms with van der Waals surface area (Å²) >= 11 is 0. The number of amides is 1. The second-order valence-corrected chi connectivity index (χ2v) is 10.1. The molecule has 2 aromatic rings. The van der Waals surface area contributed by atoms with Gasteiger partial charge in [0.05, 0.1) is 26.2 Å². The number of piperidine rings is 1. The third-order valence-corrected chi connectivity index (χ3v) is 6.92. The number of ether oxygens (including phenoxy) is 2. The largest absolute Gasteiger partial charge is 0.493 e. The molecule has 0 aliphatic carbocycles. The van der Waals surface area contributed by atoms with Gasteiger partial charge in [-0.3, -0.25) is 14.0 Å². The molecular weight excluding hydrogens is 442 g/mol. The van der Waals surface area contributed by atoms with Crippen molar-refractivity contribution in [3.8, 4) is 11.5 Å². The van der Waals surface area contributed by atoms with Crippen molar-refractivity contribution in [2.75, 3.05) is 44.4 Å². The molecule has 1 amide bonds. The molecule has 1 heterocycles. The normalized spacial score (nSPS) is 14.5. The number of carbonyl (C=O) groups excluding carboxylic acids is 1. The Morgan fingerprint density at radius 1 is 1.00 bits per heavy atom. The van der Waals surface area contributed by atoms with Crippen LogP contribution in [0.5, 0.6) is 11.5 Å².